The van der Waals surface area contributed by atoms with Crippen molar-refractivity contribution in [3.63, 3.8) is 0 Å². The van der Waals surface area contributed by atoms with E-state index in [9.17, 15) is 0 Å². The van der Waals surface area contributed by atoms with Crippen LogP contribution in [0.4, 0.5) is 0 Å². The lowest BCUT2D eigenvalue weighted by Crippen LogP contribution is -2.26. The van der Waals surface area contributed by atoms with Crippen molar-refractivity contribution in [1.82, 2.24) is 0 Å². The van der Waals surface area contributed by atoms with Crippen molar-refractivity contribution in [2.75, 3.05) is 19.8 Å². The van der Waals surface area contributed by atoms with Gasteiger partial charge in [-0.1, -0.05) is 24.6 Å². The first-order chi connectivity index (χ1) is 7.72. The summed E-state index contributed by atoms with van der Waals surface area (Å²) < 4.78 is 10.9. The van der Waals surface area contributed by atoms with Crippen molar-refractivity contribution in [3.8, 4) is 5.75 Å². The number of nitrogens with two attached hydrogens (primary N) is 1. The average Bonchev–Trinajstić information content (AvgIpc) is 2.31. The van der Waals surface area contributed by atoms with Crippen molar-refractivity contribution in [3.05, 3.63) is 29.8 Å². The van der Waals surface area contributed by atoms with Crippen LogP contribution >= 0.6 is 0 Å². The van der Waals surface area contributed by atoms with Gasteiger partial charge in [-0.3, -0.25) is 0 Å². The van der Waals surface area contributed by atoms with Gasteiger partial charge in [-0.25, -0.2) is 0 Å². The highest BCUT2D eigenvalue weighted by atomic mass is 16.5. The molecule has 3 nitrogen and oxygen atoms in total. The molecule has 0 heterocycles. The summed E-state index contributed by atoms with van der Waals surface area (Å²) in [6.07, 6.45) is 0.943. The Morgan fingerprint density at radius 1 is 1.19 bits per heavy atom. The minimum atomic E-state index is 0.138. The lowest BCUT2D eigenvalue weighted by atomic mass is 10.2. The maximum atomic E-state index is 5.72. The quantitative estimate of drug-likeness (QED) is 0.720. The Morgan fingerprint density at radius 3 is 2.50 bits per heavy atom. The van der Waals surface area contributed by atoms with Gasteiger partial charge in [-0.05, 0) is 25.5 Å². The Labute approximate surface area is 97.6 Å². The fraction of sp³-hybridized carbons (Fsp3) is 0.538. The molecule has 16 heavy (non-hydrogen) atoms. The van der Waals surface area contributed by atoms with Crippen molar-refractivity contribution < 1.29 is 9.47 Å². The monoisotopic (exact) mass is 223 g/mol. The molecule has 1 rings (SSSR count). The zero-order valence-electron chi connectivity index (χ0n) is 10.1. The maximum Gasteiger partial charge on any atom is 0.119 e. The number of ether oxygens (including phenoxy) is 2. The van der Waals surface area contributed by atoms with Gasteiger partial charge < -0.3 is 15.2 Å². The SMILES string of the molecule is CCC(N)COCCOc1ccc(C)cc1. The molecule has 90 valence electrons. The highest BCUT2D eigenvalue weighted by Crippen LogP contribution is 2.10. The molecule has 0 spiro atoms. The Balaban J connectivity index is 2.09. The first-order valence-electron chi connectivity index (χ1n) is 5.75. The molecule has 2 N–H and O–H groups in total. The first-order valence-corrected chi connectivity index (χ1v) is 5.75. The molecule has 0 aromatic heterocycles. The Morgan fingerprint density at radius 2 is 1.88 bits per heavy atom. The minimum absolute atomic E-state index is 0.138. The van der Waals surface area contributed by atoms with E-state index in [-0.39, 0.29) is 6.04 Å². The van der Waals surface area contributed by atoms with Crippen LogP contribution in [0.1, 0.15) is 18.9 Å². The molecule has 0 aliphatic rings. The lowest BCUT2D eigenvalue weighted by Gasteiger charge is -2.10. The van der Waals surface area contributed by atoms with Gasteiger partial charge in [0.05, 0.1) is 13.2 Å². The van der Waals surface area contributed by atoms with E-state index in [4.69, 9.17) is 15.2 Å². The van der Waals surface area contributed by atoms with Crippen molar-refractivity contribution in [2.24, 2.45) is 5.73 Å². The molecule has 0 saturated heterocycles. The van der Waals surface area contributed by atoms with Crippen molar-refractivity contribution in [1.29, 1.82) is 0 Å². The van der Waals surface area contributed by atoms with Gasteiger partial charge in [-0.2, -0.15) is 0 Å². The van der Waals surface area contributed by atoms with Gasteiger partial charge in [0.25, 0.3) is 0 Å². The molecule has 1 atom stereocenters. The molecule has 0 saturated carbocycles. The van der Waals surface area contributed by atoms with Crippen LogP contribution in [0, 0.1) is 6.92 Å². The second kappa shape index (κ2) is 7.25. The van der Waals surface area contributed by atoms with E-state index in [1.807, 2.05) is 24.3 Å². The molecule has 0 radical (unpaired) electrons. The third-order valence-electron chi connectivity index (χ3n) is 2.37. The van der Waals surface area contributed by atoms with Crippen LogP contribution in [0.5, 0.6) is 5.75 Å². The summed E-state index contributed by atoms with van der Waals surface area (Å²) in [6, 6.07) is 8.13. The van der Waals surface area contributed by atoms with E-state index in [2.05, 4.69) is 13.8 Å². The lowest BCUT2D eigenvalue weighted by molar-refractivity contribution is 0.0897. The number of rotatable bonds is 7. The summed E-state index contributed by atoms with van der Waals surface area (Å²) in [4.78, 5) is 0. The summed E-state index contributed by atoms with van der Waals surface area (Å²) in [5.74, 6) is 0.883. The Bertz CT molecular complexity index is 284. The van der Waals surface area contributed by atoms with Crippen LogP contribution in [-0.2, 0) is 4.74 Å². The molecule has 0 amide bonds. The normalized spacial score (nSPS) is 12.4. The van der Waals surface area contributed by atoms with E-state index in [1.165, 1.54) is 5.56 Å². The summed E-state index contributed by atoms with van der Waals surface area (Å²) in [7, 11) is 0. The third-order valence-corrected chi connectivity index (χ3v) is 2.37. The van der Waals surface area contributed by atoms with Gasteiger partial charge in [0.15, 0.2) is 0 Å². The predicted octanol–water partition coefficient (Wildman–Crippen LogP) is 2.13. The number of aryl methyl sites for hydroxylation is 1. The molecule has 0 bridgehead atoms. The minimum Gasteiger partial charge on any atom is -0.491 e. The van der Waals surface area contributed by atoms with Crippen LogP contribution < -0.4 is 10.5 Å². The Hall–Kier alpha value is -1.06. The number of hydrogen-bond acceptors (Lipinski definition) is 3. The van der Waals surface area contributed by atoms with Gasteiger partial charge in [0, 0.05) is 6.04 Å². The largest absolute Gasteiger partial charge is 0.491 e. The van der Waals surface area contributed by atoms with Gasteiger partial charge in [-0.15, -0.1) is 0 Å². The van der Waals surface area contributed by atoms with E-state index < -0.39 is 0 Å². The van der Waals surface area contributed by atoms with Crippen molar-refractivity contribution in [2.45, 2.75) is 26.3 Å². The van der Waals surface area contributed by atoms with Gasteiger partial charge in [0.1, 0.15) is 12.4 Å². The molecular formula is C13H21NO2. The molecule has 0 aliphatic heterocycles. The fourth-order valence-electron chi connectivity index (χ4n) is 1.21. The highest BCUT2D eigenvalue weighted by Gasteiger charge is 1.98. The molecule has 1 aromatic rings. The van der Waals surface area contributed by atoms with Crippen LogP contribution in [0.25, 0.3) is 0 Å². The van der Waals surface area contributed by atoms with Crippen LogP contribution in [0.2, 0.25) is 0 Å². The number of hydrogen-bond donors (Lipinski definition) is 1. The summed E-state index contributed by atoms with van der Waals surface area (Å²) in [5.41, 5.74) is 6.95. The van der Waals surface area contributed by atoms with E-state index in [0.717, 1.165) is 12.2 Å². The maximum absolute atomic E-state index is 5.72. The molecule has 1 aromatic carbocycles. The van der Waals surface area contributed by atoms with Crippen LogP contribution in [0.3, 0.4) is 0 Å². The summed E-state index contributed by atoms with van der Waals surface area (Å²) >= 11 is 0. The second-order valence-electron chi connectivity index (χ2n) is 3.90. The topological polar surface area (TPSA) is 44.5 Å². The third kappa shape index (κ3) is 5.14. The zero-order chi connectivity index (χ0) is 11.8. The van der Waals surface area contributed by atoms with Crippen molar-refractivity contribution >= 4 is 0 Å². The second-order valence-corrected chi connectivity index (χ2v) is 3.90. The zero-order valence-corrected chi connectivity index (χ0v) is 10.1. The van der Waals surface area contributed by atoms with Gasteiger partial charge in [0.2, 0.25) is 0 Å². The molecule has 0 aliphatic carbocycles. The average molecular weight is 223 g/mol. The van der Waals surface area contributed by atoms with Crippen LogP contribution in [-0.4, -0.2) is 25.9 Å². The first kappa shape index (κ1) is 13.0. The smallest absolute Gasteiger partial charge is 0.119 e. The summed E-state index contributed by atoms with van der Waals surface area (Å²) in [6.45, 7) is 5.87. The fourth-order valence-corrected chi connectivity index (χ4v) is 1.21. The number of benzene rings is 1. The molecule has 1 unspecified atom stereocenters. The predicted molar refractivity (Wildman–Crippen MR) is 65.8 cm³/mol. The van der Waals surface area contributed by atoms with E-state index in [1.54, 1.807) is 0 Å². The molecular weight excluding hydrogens is 202 g/mol. The highest BCUT2D eigenvalue weighted by molar-refractivity contribution is 5.26. The molecule has 0 fully saturated rings. The summed E-state index contributed by atoms with van der Waals surface area (Å²) in [5, 5.41) is 0. The molecule has 3 heteroatoms. The Kier molecular flexibility index (Phi) is 5.90. The van der Waals surface area contributed by atoms with E-state index in [0.29, 0.717) is 19.8 Å². The van der Waals surface area contributed by atoms with Gasteiger partial charge >= 0.3 is 0 Å². The standard InChI is InChI=1S/C13H21NO2/c1-3-12(14)10-15-8-9-16-13-6-4-11(2)5-7-13/h4-7,12H,3,8-10,14H2,1-2H3. The van der Waals surface area contributed by atoms with Crippen LogP contribution in [0.15, 0.2) is 24.3 Å². The van der Waals surface area contributed by atoms with E-state index >= 15 is 0 Å².